The first-order valence-corrected chi connectivity index (χ1v) is 21.8. The third-order valence-electron chi connectivity index (χ3n) is 8.34. The van der Waals surface area contributed by atoms with Gasteiger partial charge in [-0.3, -0.25) is 18.6 Å². The Kier molecular flexibility index (Phi) is 35.9. The topological polar surface area (TPSA) is 169 Å². The lowest BCUT2D eigenvalue weighted by Gasteiger charge is -2.20. The van der Waals surface area contributed by atoms with E-state index in [0.29, 0.717) is 25.7 Å². The molecule has 0 aromatic rings. The molecule has 0 spiro atoms. The molecule has 0 heterocycles. The third-order valence-corrected chi connectivity index (χ3v) is 9.29. The van der Waals surface area contributed by atoms with Gasteiger partial charge in [-0.15, -0.1) is 0 Å². The predicted octanol–water partition coefficient (Wildman–Crippen LogP) is 9.30. The zero-order valence-electron chi connectivity index (χ0n) is 33.3. The van der Waals surface area contributed by atoms with E-state index >= 15 is 0 Å². The molecule has 54 heavy (non-hydrogen) atoms. The first kappa shape index (κ1) is 51.6. The summed E-state index contributed by atoms with van der Waals surface area (Å²) in [5.41, 5.74) is 0. The lowest BCUT2D eigenvalue weighted by molar-refractivity contribution is -0.161. The molecule has 4 atom stereocenters. The number of allylic oxidation sites excluding steroid dienone is 9. The molecule has 0 aliphatic rings. The van der Waals surface area contributed by atoms with Crippen LogP contribution in [0.25, 0.3) is 0 Å². The molecule has 0 aromatic carbocycles. The van der Waals surface area contributed by atoms with E-state index in [-0.39, 0.29) is 19.4 Å². The van der Waals surface area contributed by atoms with Crippen molar-refractivity contribution in [2.45, 2.75) is 167 Å². The van der Waals surface area contributed by atoms with E-state index in [1.54, 1.807) is 6.08 Å². The van der Waals surface area contributed by atoms with E-state index in [2.05, 4.69) is 35.8 Å². The van der Waals surface area contributed by atoms with Gasteiger partial charge >= 0.3 is 19.8 Å². The van der Waals surface area contributed by atoms with Crippen LogP contribution >= 0.6 is 7.82 Å². The van der Waals surface area contributed by atoms with E-state index < -0.39 is 57.9 Å². The van der Waals surface area contributed by atoms with Crippen molar-refractivity contribution in [3.05, 3.63) is 60.8 Å². The minimum absolute atomic E-state index is 0.0911. The van der Waals surface area contributed by atoms with Crippen LogP contribution < -0.4 is 0 Å². The molecule has 0 fully saturated rings. The molecule has 0 saturated carbocycles. The summed E-state index contributed by atoms with van der Waals surface area (Å²) in [7, 11) is -4.64. The number of aliphatic hydroxyl groups is 3. The van der Waals surface area contributed by atoms with Crippen molar-refractivity contribution >= 4 is 19.8 Å². The number of aliphatic hydroxyl groups excluding tert-OH is 3. The van der Waals surface area contributed by atoms with E-state index in [1.165, 1.54) is 57.8 Å². The van der Waals surface area contributed by atoms with Gasteiger partial charge in [0.25, 0.3) is 0 Å². The molecule has 1 unspecified atom stereocenters. The van der Waals surface area contributed by atoms with Crippen molar-refractivity contribution in [3.63, 3.8) is 0 Å². The highest BCUT2D eigenvalue weighted by Crippen LogP contribution is 2.43. The number of carbonyl (C=O) groups excluding carboxylic acids is 2. The number of carbonyl (C=O) groups is 2. The summed E-state index contributed by atoms with van der Waals surface area (Å²) in [6.45, 7) is 1.95. The van der Waals surface area contributed by atoms with Gasteiger partial charge in [0.2, 0.25) is 0 Å². The molecule has 0 rings (SSSR count). The molecule has 11 nitrogen and oxygen atoms in total. The zero-order chi connectivity index (χ0) is 40.0. The fourth-order valence-electron chi connectivity index (χ4n) is 5.04. The van der Waals surface area contributed by atoms with Crippen molar-refractivity contribution in [3.8, 4) is 0 Å². The Bertz CT molecular complexity index is 1100. The lowest BCUT2D eigenvalue weighted by atomic mass is 10.0. The first-order valence-electron chi connectivity index (χ1n) is 20.4. The molecule has 12 heteroatoms. The maximum atomic E-state index is 12.6. The molecule has 0 aliphatic carbocycles. The summed E-state index contributed by atoms with van der Waals surface area (Å²) in [6.07, 6.45) is 37.2. The largest absolute Gasteiger partial charge is 0.472 e. The van der Waals surface area contributed by atoms with Gasteiger partial charge in [-0.25, -0.2) is 4.57 Å². The van der Waals surface area contributed by atoms with Gasteiger partial charge in [0.1, 0.15) is 12.7 Å². The average molecular weight is 785 g/mol. The number of esters is 2. The SMILES string of the molecule is CCCCCCCCCCCCCCCC(=O)OC[C@H](COP(=O)(O)OC[C@@H](O)CO)OC(=O)CCC/C=C\C/C=C\C/C=C\C/C=C\C=C\[C@H](O)CC. The maximum absolute atomic E-state index is 12.6. The van der Waals surface area contributed by atoms with E-state index in [1.807, 2.05) is 37.3 Å². The average Bonchev–Trinajstić information content (AvgIpc) is 3.16. The van der Waals surface area contributed by atoms with E-state index in [0.717, 1.165) is 38.5 Å². The van der Waals surface area contributed by atoms with Crippen molar-refractivity contribution in [2.24, 2.45) is 0 Å². The number of hydrogen-bond acceptors (Lipinski definition) is 10. The highest BCUT2D eigenvalue weighted by Gasteiger charge is 2.27. The normalized spacial score (nSPS) is 15.1. The number of rotatable bonds is 37. The van der Waals surface area contributed by atoms with E-state index in [4.69, 9.17) is 19.1 Å². The van der Waals surface area contributed by atoms with Crippen LogP contribution in [0.5, 0.6) is 0 Å². The Morgan fingerprint density at radius 2 is 1.15 bits per heavy atom. The second-order valence-electron chi connectivity index (χ2n) is 13.5. The van der Waals surface area contributed by atoms with Gasteiger partial charge in [-0.05, 0) is 44.9 Å². The fourth-order valence-corrected chi connectivity index (χ4v) is 5.83. The lowest BCUT2D eigenvalue weighted by Crippen LogP contribution is -2.29. The monoisotopic (exact) mass is 784 g/mol. The fraction of sp³-hybridized carbons (Fsp3) is 0.714. The third kappa shape index (κ3) is 36.6. The summed E-state index contributed by atoms with van der Waals surface area (Å²) in [5.74, 6) is -1.01. The number of hydrogen-bond donors (Lipinski definition) is 4. The summed E-state index contributed by atoms with van der Waals surface area (Å²) in [6, 6.07) is 0. The quantitative estimate of drug-likeness (QED) is 0.0156. The molecule has 0 aromatic heterocycles. The Morgan fingerprint density at radius 1 is 0.630 bits per heavy atom. The Morgan fingerprint density at radius 3 is 1.72 bits per heavy atom. The van der Waals surface area contributed by atoms with Crippen LogP contribution in [-0.4, -0.2) is 76.9 Å². The van der Waals surface area contributed by atoms with Crippen LogP contribution in [-0.2, 0) is 32.7 Å². The zero-order valence-corrected chi connectivity index (χ0v) is 34.2. The molecule has 0 bridgehead atoms. The van der Waals surface area contributed by atoms with E-state index in [9.17, 15) is 29.3 Å². The molecular weight excluding hydrogens is 711 g/mol. The first-order chi connectivity index (χ1) is 26.1. The van der Waals surface area contributed by atoms with Gasteiger partial charge in [0, 0.05) is 12.8 Å². The second kappa shape index (κ2) is 37.5. The Labute approximate surface area is 326 Å². The number of unbranched alkanes of at least 4 members (excludes halogenated alkanes) is 13. The van der Waals surface area contributed by atoms with Gasteiger partial charge in [0.05, 0.1) is 25.9 Å². The maximum Gasteiger partial charge on any atom is 0.472 e. The molecular formula is C42H73O11P. The van der Waals surface area contributed by atoms with Crippen LogP contribution in [0.1, 0.15) is 149 Å². The summed E-state index contributed by atoms with van der Waals surface area (Å²) in [5, 5.41) is 27.8. The smallest absolute Gasteiger partial charge is 0.462 e. The Hall–Kier alpha value is -2.37. The van der Waals surface area contributed by atoms with Crippen molar-refractivity contribution in [1.82, 2.24) is 0 Å². The molecule has 4 N–H and O–H groups in total. The van der Waals surface area contributed by atoms with Gasteiger partial charge < -0.3 is 29.7 Å². The second-order valence-corrected chi connectivity index (χ2v) is 14.9. The minimum atomic E-state index is -4.64. The van der Waals surface area contributed by atoms with Crippen LogP contribution in [0.2, 0.25) is 0 Å². The predicted molar refractivity (Wildman–Crippen MR) is 216 cm³/mol. The highest BCUT2D eigenvalue weighted by molar-refractivity contribution is 7.47. The van der Waals surface area contributed by atoms with Crippen molar-refractivity contribution < 1.29 is 52.9 Å². The molecule has 0 amide bonds. The molecule has 312 valence electrons. The summed E-state index contributed by atoms with van der Waals surface area (Å²) < 4.78 is 32.6. The van der Waals surface area contributed by atoms with Crippen LogP contribution in [0.4, 0.5) is 0 Å². The summed E-state index contributed by atoms with van der Waals surface area (Å²) >= 11 is 0. The van der Waals surface area contributed by atoms with Gasteiger partial charge in [0.15, 0.2) is 6.10 Å². The van der Waals surface area contributed by atoms with Crippen molar-refractivity contribution in [1.29, 1.82) is 0 Å². The van der Waals surface area contributed by atoms with Crippen LogP contribution in [0, 0.1) is 0 Å². The standard InChI is InChI=1S/C42H73O11P/c1-3-5-6-7-8-9-10-13-17-20-23-26-29-32-41(46)50-36-40(37-52-54(48,49)51-35-39(45)34-43)53-42(47)33-30-27-24-21-18-15-12-11-14-16-19-22-25-28-31-38(44)4-2/h12,14-16,21-22,24-25,28,31,38-40,43-45H,3-11,13,17-20,23,26-27,29-30,32-37H2,1-2H3,(H,48,49)/b15-12-,16-14-,24-21-,25-22-,31-28+/t38-,39+,40-/m1/s1. The summed E-state index contributed by atoms with van der Waals surface area (Å²) in [4.78, 5) is 34.9. The van der Waals surface area contributed by atoms with Crippen LogP contribution in [0.3, 0.4) is 0 Å². The number of phosphoric ester groups is 1. The van der Waals surface area contributed by atoms with Crippen molar-refractivity contribution in [2.75, 3.05) is 26.4 Å². The number of ether oxygens (including phenoxy) is 2. The molecule has 0 radical (unpaired) electrons. The van der Waals surface area contributed by atoms with Gasteiger partial charge in [-0.1, -0.05) is 152 Å². The Balaban J connectivity index is 4.46. The van der Waals surface area contributed by atoms with Crippen LogP contribution in [0.15, 0.2) is 60.8 Å². The molecule has 0 aliphatic heterocycles. The number of phosphoric acid groups is 1. The molecule has 0 saturated heterocycles. The highest BCUT2D eigenvalue weighted by atomic mass is 31.2. The van der Waals surface area contributed by atoms with Gasteiger partial charge in [-0.2, -0.15) is 0 Å². The minimum Gasteiger partial charge on any atom is -0.462 e.